The number of nitrogens with zero attached hydrogens (tertiary/aromatic N) is 3. The molecule has 8 heteroatoms. The number of carbonyl (C=O) groups is 1. The number of rotatable bonds is 10. The molecule has 1 aromatic heterocycles. The number of thiophene rings is 1. The lowest BCUT2D eigenvalue weighted by atomic mass is 10.1. The number of benzene rings is 2. The molecule has 39 heavy (non-hydrogen) atoms. The lowest BCUT2D eigenvalue weighted by Crippen LogP contribution is -2.37. The van der Waals surface area contributed by atoms with Gasteiger partial charge in [0.05, 0.1) is 30.4 Å². The number of ether oxygens (including phenoxy) is 2. The number of carbonyl (C=O) groups excluding carboxylic acids is 1. The van der Waals surface area contributed by atoms with Crippen molar-refractivity contribution in [3.8, 4) is 5.75 Å². The van der Waals surface area contributed by atoms with Gasteiger partial charge < -0.3 is 19.3 Å². The number of halogens is 1. The Morgan fingerprint density at radius 1 is 1.10 bits per heavy atom. The third-order valence-corrected chi connectivity index (χ3v) is 9.05. The van der Waals surface area contributed by atoms with E-state index < -0.39 is 0 Å². The topological polar surface area (TPSA) is 45.2 Å². The summed E-state index contributed by atoms with van der Waals surface area (Å²) in [6, 6.07) is 17.4. The number of anilines is 2. The van der Waals surface area contributed by atoms with Gasteiger partial charge >= 0.3 is 0 Å². The first-order valence-electron chi connectivity index (χ1n) is 14.0. The molecule has 206 valence electrons. The van der Waals surface area contributed by atoms with Crippen LogP contribution in [0.5, 0.6) is 5.75 Å². The van der Waals surface area contributed by atoms with E-state index in [0.717, 1.165) is 38.4 Å². The summed E-state index contributed by atoms with van der Waals surface area (Å²) < 4.78 is 26.5. The van der Waals surface area contributed by atoms with Crippen LogP contribution in [0.4, 0.5) is 15.8 Å². The molecule has 0 N–H and O–H groups in total. The molecule has 0 bridgehead atoms. The first-order chi connectivity index (χ1) is 19.1. The van der Waals surface area contributed by atoms with Crippen LogP contribution >= 0.6 is 11.3 Å². The Morgan fingerprint density at radius 3 is 2.64 bits per heavy atom. The summed E-state index contributed by atoms with van der Waals surface area (Å²) in [5, 5.41) is 1.92. The van der Waals surface area contributed by atoms with Crippen LogP contribution in [0.1, 0.15) is 28.6 Å². The zero-order chi connectivity index (χ0) is 26.8. The van der Waals surface area contributed by atoms with E-state index in [1.54, 1.807) is 4.90 Å². The van der Waals surface area contributed by atoms with Crippen molar-refractivity contribution in [1.82, 2.24) is 4.90 Å². The van der Waals surface area contributed by atoms with Crippen LogP contribution in [0.25, 0.3) is 0 Å². The molecule has 1 saturated carbocycles. The molecular weight excluding hydrogens is 513 g/mol. The second-order valence-corrected chi connectivity index (χ2v) is 11.8. The van der Waals surface area contributed by atoms with Crippen LogP contribution in [-0.4, -0.2) is 63.4 Å². The maximum absolute atomic E-state index is 15.3. The van der Waals surface area contributed by atoms with E-state index in [2.05, 4.69) is 30.0 Å². The van der Waals surface area contributed by atoms with Crippen LogP contribution in [0.15, 0.2) is 60.0 Å². The fraction of sp³-hybridized carbons (Fsp3) is 0.452. The monoisotopic (exact) mass is 549 g/mol. The summed E-state index contributed by atoms with van der Waals surface area (Å²) in [4.78, 5) is 20.6. The highest BCUT2D eigenvalue weighted by Gasteiger charge is 2.56. The predicted octanol–water partition coefficient (Wildman–Crippen LogP) is 5.54. The lowest BCUT2D eigenvalue weighted by Gasteiger charge is -2.30. The number of hydrogen-bond acceptors (Lipinski definition) is 6. The molecule has 6 nitrogen and oxygen atoms in total. The zero-order valence-corrected chi connectivity index (χ0v) is 23.2. The van der Waals surface area contributed by atoms with E-state index in [1.165, 1.54) is 23.0 Å². The van der Waals surface area contributed by atoms with Crippen LogP contribution in [0, 0.1) is 23.6 Å². The Kier molecular flexibility index (Phi) is 7.86. The third kappa shape index (κ3) is 5.83. The second kappa shape index (κ2) is 11.7. The predicted molar refractivity (Wildman–Crippen MR) is 153 cm³/mol. The van der Waals surface area contributed by atoms with Crippen molar-refractivity contribution in [3.05, 3.63) is 76.2 Å². The van der Waals surface area contributed by atoms with Gasteiger partial charge in [0.1, 0.15) is 11.6 Å². The highest BCUT2D eigenvalue weighted by Crippen LogP contribution is 2.52. The summed E-state index contributed by atoms with van der Waals surface area (Å²) in [7, 11) is 0. The smallest absolute Gasteiger partial charge is 0.268 e. The van der Waals surface area contributed by atoms with Gasteiger partial charge in [0, 0.05) is 45.0 Å². The van der Waals surface area contributed by atoms with Crippen LogP contribution in [-0.2, 0) is 11.3 Å². The summed E-state index contributed by atoms with van der Waals surface area (Å²) in [6.07, 6.45) is 0.998. The molecular formula is C31H36FN3O3S. The first kappa shape index (κ1) is 26.3. The van der Waals surface area contributed by atoms with Gasteiger partial charge in [0.25, 0.3) is 5.91 Å². The van der Waals surface area contributed by atoms with Gasteiger partial charge in [-0.2, -0.15) is 0 Å². The number of piperidine rings is 1. The van der Waals surface area contributed by atoms with Crippen LogP contribution < -0.4 is 14.5 Å². The lowest BCUT2D eigenvalue weighted by molar-refractivity contribution is 0.0988. The van der Waals surface area contributed by atoms with E-state index in [-0.39, 0.29) is 11.7 Å². The molecule has 2 atom stereocenters. The SMILES string of the molecule is CCCOc1cccc(CN2CC3C(C2)C3CN(C(=O)c2cccs2)c2ccc(N3CCOCC3)c(F)c2)c1. The molecule has 1 aliphatic carbocycles. The van der Waals surface area contributed by atoms with Crippen molar-refractivity contribution in [2.75, 3.05) is 62.3 Å². The molecule has 0 spiro atoms. The molecule has 3 aromatic rings. The van der Waals surface area contributed by atoms with E-state index >= 15 is 4.39 Å². The summed E-state index contributed by atoms with van der Waals surface area (Å²) >= 11 is 1.43. The number of hydrogen-bond donors (Lipinski definition) is 0. The number of likely N-dealkylation sites (tertiary alicyclic amines) is 1. The summed E-state index contributed by atoms with van der Waals surface area (Å²) in [6.45, 7) is 8.99. The van der Waals surface area contributed by atoms with Crippen LogP contribution in [0.2, 0.25) is 0 Å². The average Bonchev–Trinajstić information content (AvgIpc) is 3.33. The Hall–Kier alpha value is -2.94. The molecule has 3 aliphatic rings. The minimum atomic E-state index is -0.286. The largest absolute Gasteiger partial charge is 0.494 e. The molecule has 2 aromatic carbocycles. The Morgan fingerprint density at radius 2 is 1.92 bits per heavy atom. The van der Waals surface area contributed by atoms with Gasteiger partial charge in [-0.1, -0.05) is 25.1 Å². The van der Waals surface area contributed by atoms with Crippen molar-refractivity contribution in [2.45, 2.75) is 19.9 Å². The van der Waals surface area contributed by atoms with Crippen LogP contribution in [0.3, 0.4) is 0 Å². The molecule has 0 radical (unpaired) electrons. The molecule has 2 saturated heterocycles. The van der Waals surface area contributed by atoms with Crippen molar-refractivity contribution in [1.29, 1.82) is 0 Å². The van der Waals surface area contributed by atoms with E-state index in [9.17, 15) is 4.79 Å². The average molecular weight is 550 g/mol. The highest BCUT2D eigenvalue weighted by atomic mass is 32.1. The quantitative estimate of drug-likeness (QED) is 0.333. The molecule has 2 aliphatic heterocycles. The third-order valence-electron chi connectivity index (χ3n) is 8.19. The number of amides is 1. The van der Waals surface area contributed by atoms with Crippen molar-refractivity contribution >= 4 is 28.6 Å². The minimum Gasteiger partial charge on any atom is -0.494 e. The Bertz CT molecular complexity index is 1270. The van der Waals surface area contributed by atoms with Gasteiger partial charge in [-0.3, -0.25) is 9.69 Å². The second-order valence-electron chi connectivity index (χ2n) is 10.8. The van der Waals surface area contributed by atoms with E-state index in [0.29, 0.717) is 66.9 Å². The van der Waals surface area contributed by atoms with Gasteiger partial charge in [-0.05, 0) is 71.5 Å². The maximum atomic E-state index is 15.3. The van der Waals surface area contributed by atoms with Crippen molar-refractivity contribution < 1.29 is 18.7 Å². The van der Waals surface area contributed by atoms with Gasteiger partial charge in [-0.25, -0.2) is 4.39 Å². The fourth-order valence-electron chi connectivity index (χ4n) is 6.12. The summed E-state index contributed by atoms with van der Waals surface area (Å²) in [5.41, 5.74) is 2.48. The first-order valence-corrected chi connectivity index (χ1v) is 14.9. The minimum absolute atomic E-state index is 0.0470. The summed E-state index contributed by atoms with van der Waals surface area (Å²) in [5.74, 6) is 2.18. The van der Waals surface area contributed by atoms with Gasteiger partial charge in [-0.15, -0.1) is 11.3 Å². The Balaban J connectivity index is 1.12. The molecule has 1 amide bonds. The molecule has 2 unspecified atom stereocenters. The van der Waals surface area contributed by atoms with Gasteiger partial charge in [0.15, 0.2) is 0 Å². The maximum Gasteiger partial charge on any atom is 0.268 e. The van der Waals surface area contributed by atoms with Crippen molar-refractivity contribution in [3.63, 3.8) is 0 Å². The fourth-order valence-corrected chi connectivity index (χ4v) is 6.79. The zero-order valence-electron chi connectivity index (χ0n) is 22.4. The standard InChI is InChI=1S/C31H36FN3O3S/c1-2-12-38-24-6-3-5-22(16-24)18-33-19-25-26(20-33)27(25)21-35(31(36)30-7-4-15-39-30)23-8-9-29(28(32)17-23)34-10-13-37-14-11-34/h3-9,15-17,25-27H,2,10-14,18-21H2,1H3. The molecule has 3 fully saturated rings. The van der Waals surface area contributed by atoms with Crippen molar-refractivity contribution in [2.24, 2.45) is 17.8 Å². The highest BCUT2D eigenvalue weighted by molar-refractivity contribution is 7.12. The molecule has 6 rings (SSSR count). The normalized spacial score (nSPS) is 22.5. The Labute approximate surface area is 233 Å². The molecule has 3 heterocycles. The van der Waals surface area contributed by atoms with E-state index in [4.69, 9.17) is 9.47 Å². The number of fused-ring (bicyclic) bond motifs is 1. The van der Waals surface area contributed by atoms with E-state index in [1.807, 2.05) is 40.6 Å². The number of morpholine rings is 1. The van der Waals surface area contributed by atoms with Gasteiger partial charge in [0.2, 0.25) is 0 Å².